The first kappa shape index (κ1) is 15.2. The molecule has 110 valence electrons. The minimum Gasteiger partial charge on any atom is -0.380 e. The molecule has 0 atom stereocenters. The van der Waals surface area contributed by atoms with E-state index in [1.54, 1.807) is 0 Å². The Bertz CT molecular complexity index is 305. The van der Waals surface area contributed by atoms with Crippen molar-refractivity contribution in [2.75, 3.05) is 18.1 Å². The van der Waals surface area contributed by atoms with E-state index in [1.807, 2.05) is 11.8 Å². The lowest BCUT2D eigenvalue weighted by Crippen LogP contribution is -2.51. The summed E-state index contributed by atoms with van der Waals surface area (Å²) in [5.74, 6) is 1.64. The summed E-state index contributed by atoms with van der Waals surface area (Å²) in [6.45, 7) is 3.00. The third-order valence-electron chi connectivity index (χ3n) is 4.73. The Morgan fingerprint density at radius 3 is 2.26 bits per heavy atom. The van der Waals surface area contributed by atoms with Gasteiger partial charge in [0.2, 0.25) is 0 Å². The normalized spacial score (nSPS) is 26.4. The number of hydrogen-bond acceptors (Lipinski definition) is 3. The van der Waals surface area contributed by atoms with E-state index in [9.17, 15) is 9.90 Å². The molecule has 0 spiro atoms. The van der Waals surface area contributed by atoms with Crippen LogP contribution >= 0.6 is 11.8 Å². The predicted octanol–water partition coefficient (Wildman–Crippen LogP) is 2.72. The van der Waals surface area contributed by atoms with Crippen molar-refractivity contribution in [2.24, 2.45) is 5.41 Å². The van der Waals surface area contributed by atoms with Gasteiger partial charge in [-0.2, -0.15) is 11.8 Å². The van der Waals surface area contributed by atoms with Crippen LogP contribution in [-0.2, 0) is 4.79 Å². The van der Waals surface area contributed by atoms with Crippen LogP contribution < -0.4 is 5.32 Å². The Morgan fingerprint density at radius 2 is 1.68 bits per heavy atom. The van der Waals surface area contributed by atoms with Crippen LogP contribution in [0, 0.1) is 5.41 Å². The van der Waals surface area contributed by atoms with Crippen molar-refractivity contribution in [1.82, 2.24) is 5.32 Å². The highest BCUT2D eigenvalue weighted by Crippen LogP contribution is 2.34. The number of carbonyl (C=O) groups is 1. The average Bonchev–Trinajstić information content (AvgIpc) is 2.62. The maximum absolute atomic E-state index is 12.2. The van der Waals surface area contributed by atoms with E-state index >= 15 is 0 Å². The average molecular weight is 285 g/mol. The van der Waals surface area contributed by atoms with Crippen molar-refractivity contribution < 1.29 is 9.90 Å². The van der Waals surface area contributed by atoms with Crippen LogP contribution in [0.4, 0.5) is 0 Å². The standard InChI is InChI=1S/C15H27NO2S/c1-14(6-4-2-3-5-7-14)12-16-13(17)15(18)8-10-19-11-9-15/h18H,2-12H2,1H3,(H,16,17). The van der Waals surface area contributed by atoms with Crippen LogP contribution in [0.25, 0.3) is 0 Å². The zero-order valence-corrected chi connectivity index (χ0v) is 12.9. The Morgan fingerprint density at radius 1 is 1.11 bits per heavy atom. The minimum absolute atomic E-state index is 0.140. The van der Waals surface area contributed by atoms with Gasteiger partial charge in [0.1, 0.15) is 5.60 Å². The summed E-state index contributed by atoms with van der Waals surface area (Å²) in [6, 6.07) is 0. The van der Waals surface area contributed by atoms with E-state index in [-0.39, 0.29) is 11.3 Å². The van der Waals surface area contributed by atoms with E-state index in [1.165, 1.54) is 38.5 Å². The number of nitrogens with one attached hydrogen (secondary N) is 1. The lowest BCUT2D eigenvalue weighted by atomic mass is 9.82. The summed E-state index contributed by atoms with van der Waals surface area (Å²) in [5.41, 5.74) is -0.877. The quantitative estimate of drug-likeness (QED) is 0.784. The Labute approximate surface area is 120 Å². The Kier molecular flexibility index (Phi) is 5.18. The molecular weight excluding hydrogens is 258 g/mol. The molecule has 0 aromatic heterocycles. The first-order valence-corrected chi connectivity index (χ1v) is 8.78. The van der Waals surface area contributed by atoms with E-state index < -0.39 is 5.60 Å². The molecule has 0 unspecified atom stereocenters. The fraction of sp³-hybridized carbons (Fsp3) is 0.933. The molecule has 1 saturated carbocycles. The molecule has 2 N–H and O–H groups in total. The SMILES string of the molecule is CC1(CNC(=O)C2(O)CCSCC2)CCCCCC1. The molecule has 3 nitrogen and oxygen atoms in total. The molecule has 0 bridgehead atoms. The van der Waals surface area contributed by atoms with Crippen molar-refractivity contribution in [2.45, 2.75) is 63.9 Å². The lowest BCUT2D eigenvalue weighted by molar-refractivity contribution is -0.141. The molecule has 0 aromatic rings. The van der Waals surface area contributed by atoms with E-state index in [0.29, 0.717) is 12.8 Å². The van der Waals surface area contributed by atoms with Gasteiger partial charge in [-0.15, -0.1) is 0 Å². The van der Waals surface area contributed by atoms with Crippen LogP contribution in [0.1, 0.15) is 58.3 Å². The molecule has 2 aliphatic rings. The summed E-state index contributed by atoms with van der Waals surface area (Å²) in [4.78, 5) is 12.2. The number of thioether (sulfide) groups is 1. The summed E-state index contributed by atoms with van der Waals surface area (Å²) in [7, 11) is 0. The highest BCUT2D eigenvalue weighted by atomic mass is 32.2. The molecule has 0 aromatic carbocycles. The molecule has 19 heavy (non-hydrogen) atoms. The monoisotopic (exact) mass is 285 g/mol. The van der Waals surface area contributed by atoms with Gasteiger partial charge in [-0.1, -0.05) is 32.6 Å². The molecule has 0 radical (unpaired) electrons. The number of hydrogen-bond donors (Lipinski definition) is 2. The maximum atomic E-state index is 12.2. The van der Waals surface area contributed by atoms with Crippen molar-refractivity contribution in [1.29, 1.82) is 0 Å². The van der Waals surface area contributed by atoms with Gasteiger partial charge in [0.15, 0.2) is 0 Å². The molecular formula is C15H27NO2S. The summed E-state index contributed by atoms with van der Waals surface area (Å²) >= 11 is 1.82. The lowest BCUT2D eigenvalue weighted by Gasteiger charge is -2.33. The summed E-state index contributed by atoms with van der Waals surface area (Å²) in [6.07, 6.45) is 8.78. The number of carbonyl (C=O) groups excluding carboxylic acids is 1. The summed E-state index contributed by atoms with van der Waals surface area (Å²) < 4.78 is 0. The summed E-state index contributed by atoms with van der Waals surface area (Å²) in [5, 5.41) is 13.4. The van der Waals surface area contributed by atoms with E-state index in [0.717, 1.165) is 18.1 Å². The van der Waals surface area contributed by atoms with E-state index in [4.69, 9.17) is 0 Å². The largest absolute Gasteiger partial charge is 0.380 e. The fourth-order valence-corrected chi connectivity index (χ4v) is 4.32. The third kappa shape index (κ3) is 4.12. The molecule has 1 heterocycles. The zero-order valence-electron chi connectivity index (χ0n) is 12.0. The molecule has 1 aliphatic heterocycles. The topological polar surface area (TPSA) is 49.3 Å². The molecule has 1 aliphatic carbocycles. The van der Waals surface area contributed by atoms with Crippen LogP contribution in [0.5, 0.6) is 0 Å². The molecule has 1 saturated heterocycles. The first-order chi connectivity index (χ1) is 9.04. The number of rotatable bonds is 3. The Balaban J connectivity index is 1.84. The van der Waals surface area contributed by atoms with Gasteiger partial charge < -0.3 is 10.4 Å². The van der Waals surface area contributed by atoms with Gasteiger partial charge >= 0.3 is 0 Å². The highest BCUT2D eigenvalue weighted by Gasteiger charge is 2.38. The fourth-order valence-electron chi connectivity index (χ4n) is 3.15. The second-order valence-electron chi connectivity index (χ2n) is 6.55. The molecule has 2 fully saturated rings. The van der Waals surface area contributed by atoms with Gasteiger partial charge in [-0.3, -0.25) is 4.79 Å². The minimum atomic E-state index is -1.10. The van der Waals surface area contributed by atoms with Crippen LogP contribution in [0.2, 0.25) is 0 Å². The first-order valence-electron chi connectivity index (χ1n) is 7.63. The van der Waals surface area contributed by atoms with Crippen molar-refractivity contribution >= 4 is 17.7 Å². The van der Waals surface area contributed by atoms with E-state index in [2.05, 4.69) is 12.2 Å². The second-order valence-corrected chi connectivity index (χ2v) is 7.78. The van der Waals surface area contributed by atoms with Gasteiger partial charge in [-0.25, -0.2) is 0 Å². The maximum Gasteiger partial charge on any atom is 0.252 e. The zero-order chi connectivity index (χ0) is 13.8. The van der Waals surface area contributed by atoms with Gasteiger partial charge in [0.05, 0.1) is 0 Å². The third-order valence-corrected chi connectivity index (χ3v) is 5.71. The van der Waals surface area contributed by atoms with Crippen molar-refractivity contribution in [3.05, 3.63) is 0 Å². The number of aliphatic hydroxyl groups is 1. The Hall–Kier alpha value is -0.220. The van der Waals surface area contributed by atoms with Crippen molar-refractivity contribution in [3.8, 4) is 0 Å². The van der Waals surface area contributed by atoms with Gasteiger partial charge in [-0.05, 0) is 42.6 Å². The van der Waals surface area contributed by atoms with Crippen molar-refractivity contribution in [3.63, 3.8) is 0 Å². The molecule has 1 amide bonds. The van der Waals surface area contributed by atoms with Crippen LogP contribution in [-0.4, -0.2) is 34.7 Å². The van der Waals surface area contributed by atoms with Crippen LogP contribution in [0.15, 0.2) is 0 Å². The second kappa shape index (κ2) is 6.49. The number of amides is 1. The molecule has 2 rings (SSSR count). The van der Waals surface area contributed by atoms with Crippen LogP contribution in [0.3, 0.4) is 0 Å². The smallest absolute Gasteiger partial charge is 0.252 e. The predicted molar refractivity (Wildman–Crippen MR) is 80.3 cm³/mol. The highest BCUT2D eigenvalue weighted by molar-refractivity contribution is 7.99. The van der Waals surface area contributed by atoms with Gasteiger partial charge in [0, 0.05) is 6.54 Å². The van der Waals surface area contributed by atoms with Gasteiger partial charge in [0.25, 0.3) is 5.91 Å². The molecule has 4 heteroatoms.